The highest BCUT2D eigenvalue weighted by molar-refractivity contribution is 6.31. The fourth-order valence-electron chi connectivity index (χ4n) is 1.83. The normalized spacial score (nSPS) is 15.6. The van der Waals surface area contributed by atoms with Crippen LogP contribution in [0.15, 0.2) is 41.2 Å². The molecule has 0 amide bonds. The lowest BCUT2D eigenvalue weighted by molar-refractivity contribution is -0.160. The minimum absolute atomic E-state index is 0.0971. The van der Waals surface area contributed by atoms with E-state index >= 15 is 0 Å². The first-order valence-electron chi connectivity index (χ1n) is 6.27. The zero-order chi connectivity index (χ0) is 15.4. The lowest BCUT2D eigenvalue weighted by Gasteiger charge is -2.28. The molecule has 0 fully saturated rings. The molecular weight excluding hydrogens is 304 g/mol. The standard InChI is InChI=1S/C13H14ClF2N3O2/c1-2-21-12(20)10-11(14)18(19(17-10)13(15)16)8-9-6-4-3-5-7-9/h3-7,13,17H,2,8H2,1H3. The van der Waals surface area contributed by atoms with Crippen LogP contribution in [0.1, 0.15) is 12.5 Å². The Balaban J connectivity index is 2.24. The summed E-state index contributed by atoms with van der Waals surface area (Å²) < 4.78 is 30.9. The smallest absolute Gasteiger partial charge is 0.359 e. The number of nitrogens with one attached hydrogen (secondary N) is 1. The largest absolute Gasteiger partial charge is 0.461 e. The molecule has 0 spiro atoms. The fraction of sp³-hybridized carbons (Fsp3) is 0.308. The summed E-state index contributed by atoms with van der Waals surface area (Å²) in [5.74, 6) is -0.774. The Hall–Kier alpha value is -1.86. The molecule has 21 heavy (non-hydrogen) atoms. The van der Waals surface area contributed by atoms with Crippen LogP contribution in [0.4, 0.5) is 8.78 Å². The van der Waals surface area contributed by atoms with E-state index in [1.807, 2.05) is 6.07 Å². The van der Waals surface area contributed by atoms with Gasteiger partial charge in [-0.3, -0.25) is 10.4 Å². The average molecular weight is 318 g/mol. The number of halogens is 3. The van der Waals surface area contributed by atoms with Crippen LogP contribution < -0.4 is 5.43 Å². The van der Waals surface area contributed by atoms with Crippen molar-refractivity contribution in [2.24, 2.45) is 0 Å². The zero-order valence-electron chi connectivity index (χ0n) is 11.2. The van der Waals surface area contributed by atoms with E-state index in [1.54, 1.807) is 31.2 Å². The summed E-state index contributed by atoms with van der Waals surface area (Å²) in [5.41, 5.74) is 2.85. The molecule has 1 aromatic rings. The number of rotatable bonds is 5. The van der Waals surface area contributed by atoms with Crippen molar-refractivity contribution >= 4 is 17.6 Å². The number of hydrazine groups is 2. The van der Waals surface area contributed by atoms with Crippen molar-refractivity contribution in [1.29, 1.82) is 0 Å². The van der Waals surface area contributed by atoms with E-state index < -0.39 is 12.5 Å². The van der Waals surface area contributed by atoms with Crippen LogP contribution in [0.25, 0.3) is 0 Å². The van der Waals surface area contributed by atoms with Gasteiger partial charge in [-0.15, -0.1) is 0 Å². The second-order valence-corrected chi connectivity index (χ2v) is 4.52. The van der Waals surface area contributed by atoms with Crippen molar-refractivity contribution in [2.45, 2.75) is 20.0 Å². The van der Waals surface area contributed by atoms with Crippen LogP contribution in [0.3, 0.4) is 0 Å². The molecule has 0 bridgehead atoms. The lowest BCUT2D eigenvalue weighted by Crippen LogP contribution is -2.46. The van der Waals surface area contributed by atoms with Crippen LogP contribution in [-0.4, -0.2) is 29.3 Å². The minimum Gasteiger partial charge on any atom is -0.461 e. The fourth-order valence-corrected chi connectivity index (χ4v) is 2.09. The first-order chi connectivity index (χ1) is 10.0. The molecule has 0 unspecified atom stereocenters. The van der Waals surface area contributed by atoms with Crippen LogP contribution in [0, 0.1) is 0 Å². The Bertz CT molecular complexity index is 539. The molecule has 0 radical (unpaired) electrons. The first kappa shape index (κ1) is 15.5. The SMILES string of the molecule is CCOC(=O)C1=C(Cl)N(Cc2ccccc2)N(C(F)F)N1. The molecule has 8 heteroatoms. The molecule has 0 aliphatic carbocycles. The maximum absolute atomic E-state index is 13.1. The third kappa shape index (κ3) is 3.43. The Kier molecular flexibility index (Phi) is 4.98. The predicted octanol–water partition coefficient (Wildman–Crippen LogP) is 2.42. The van der Waals surface area contributed by atoms with Gasteiger partial charge >= 0.3 is 12.5 Å². The summed E-state index contributed by atoms with van der Waals surface area (Å²) in [6, 6.07) is 8.94. The zero-order valence-corrected chi connectivity index (χ0v) is 12.0. The molecule has 5 nitrogen and oxygen atoms in total. The monoisotopic (exact) mass is 317 g/mol. The highest BCUT2D eigenvalue weighted by Gasteiger charge is 2.37. The molecule has 2 rings (SSSR count). The highest BCUT2D eigenvalue weighted by atomic mass is 35.5. The summed E-state index contributed by atoms with van der Waals surface area (Å²) >= 11 is 6.03. The van der Waals surface area contributed by atoms with E-state index in [4.69, 9.17) is 16.3 Å². The number of benzene rings is 1. The number of ether oxygens (including phenoxy) is 1. The molecule has 1 aliphatic heterocycles. The highest BCUT2D eigenvalue weighted by Crippen LogP contribution is 2.28. The summed E-state index contributed by atoms with van der Waals surface area (Å²) in [6.07, 6.45) is 0. The second-order valence-electron chi connectivity index (χ2n) is 4.16. The van der Waals surface area contributed by atoms with E-state index in [1.165, 1.54) is 0 Å². The van der Waals surface area contributed by atoms with Gasteiger partial charge in [0.1, 0.15) is 0 Å². The molecule has 114 valence electrons. The Morgan fingerprint density at radius 1 is 1.38 bits per heavy atom. The van der Waals surface area contributed by atoms with E-state index in [0.29, 0.717) is 5.12 Å². The van der Waals surface area contributed by atoms with Crippen molar-refractivity contribution in [1.82, 2.24) is 15.6 Å². The van der Waals surface area contributed by atoms with E-state index in [-0.39, 0.29) is 24.0 Å². The van der Waals surface area contributed by atoms with Gasteiger partial charge in [0.2, 0.25) is 0 Å². The molecule has 1 aliphatic rings. The third-order valence-electron chi connectivity index (χ3n) is 2.76. The number of carbonyl (C=O) groups excluding carboxylic acids is 1. The number of alkyl halides is 2. The number of hydrogen-bond donors (Lipinski definition) is 1. The number of hydrogen-bond acceptors (Lipinski definition) is 5. The predicted molar refractivity (Wildman–Crippen MR) is 72.5 cm³/mol. The number of carbonyl (C=O) groups is 1. The topological polar surface area (TPSA) is 44.8 Å². The van der Waals surface area contributed by atoms with Crippen molar-refractivity contribution in [3.8, 4) is 0 Å². The van der Waals surface area contributed by atoms with Gasteiger partial charge in [-0.2, -0.15) is 8.78 Å². The van der Waals surface area contributed by atoms with Gasteiger partial charge in [0, 0.05) is 0 Å². The maximum atomic E-state index is 13.1. The molecular formula is C13H14ClF2N3O2. The number of esters is 1. The Morgan fingerprint density at radius 2 is 2.05 bits per heavy atom. The molecule has 1 aromatic carbocycles. The van der Waals surface area contributed by atoms with Crippen molar-refractivity contribution < 1.29 is 18.3 Å². The molecule has 1 N–H and O–H groups in total. The second kappa shape index (κ2) is 6.73. The summed E-state index contributed by atoms with van der Waals surface area (Å²) in [4.78, 5) is 11.7. The molecule has 0 atom stereocenters. The van der Waals surface area contributed by atoms with Gasteiger partial charge < -0.3 is 4.74 Å². The van der Waals surface area contributed by atoms with Crippen molar-refractivity contribution in [3.05, 3.63) is 46.7 Å². The first-order valence-corrected chi connectivity index (χ1v) is 6.64. The minimum atomic E-state index is -2.87. The Morgan fingerprint density at radius 3 is 2.62 bits per heavy atom. The van der Waals surface area contributed by atoms with Gasteiger partial charge in [-0.25, -0.2) is 4.79 Å². The summed E-state index contributed by atoms with van der Waals surface area (Å²) in [5, 5.41) is 1.47. The summed E-state index contributed by atoms with van der Waals surface area (Å²) in [6.45, 7) is -1.02. The van der Waals surface area contributed by atoms with E-state index in [9.17, 15) is 13.6 Å². The quantitative estimate of drug-likeness (QED) is 0.667. The molecule has 0 saturated heterocycles. The van der Waals surface area contributed by atoms with Gasteiger partial charge in [0.25, 0.3) is 0 Å². The molecule has 1 heterocycles. The van der Waals surface area contributed by atoms with Crippen molar-refractivity contribution in [2.75, 3.05) is 6.61 Å². The van der Waals surface area contributed by atoms with Gasteiger partial charge in [-0.1, -0.05) is 47.1 Å². The summed E-state index contributed by atoms with van der Waals surface area (Å²) in [7, 11) is 0. The van der Waals surface area contributed by atoms with Crippen LogP contribution in [0.2, 0.25) is 0 Å². The van der Waals surface area contributed by atoms with Gasteiger partial charge in [0.15, 0.2) is 10.9 Å². The van der Waals surface area contributed by atoms with Crippen LogP contribution in [0.5, 0.6) is 0 Å². The van der Waals surface area contributed by atoms with Crippen LogP contribution >= 0.6 is 11.6 Å². The van der Waals surface area contributed by atoms with Gasteiger partial charge in [-0.05, 0) is 12.5 Å². The molecule has 0 saturated carbocycles. The van der Waals surface area contributed by atoms with E-state index in [0.717, 1.165) is 10.6 Å². The van der Waals surface area contributed by atoms with Gasteiger partial charge in [0.05, 0.1) is 13.2 Å². The third-order valence-corrected chi connectivity index (χ3v) is 3.14. The molecule has 0 aromatic heterocycles. The Labute approximate surface area is 125 Å². The average Bonchev–Trinajstić information content (AvgIpc) is 2.78. The number of nitrogens with zero attached hydrogens (tertiary/aromatic N) is 2. The van der Waals surface area contributed by atoms with Crippen molar-refractivity contribution in [3.63, 3.8) is 0 Å². The van der Waals surface area contributed by atoms with E-state index in [2.05, 4.69) is 5.43 Å². The van der Waals surface area contributed by atoms with Crippen LogP contribution in [-0.2, 0) is 16.1 Å². The lowest BCUT2D eigenvalue weighted by atomic mass is 10.2. The maximum Gasteiger partial charge on any atom is 0.359 e.